The fraction of sp³-hybridized carbons (Fsp3) is 0.667. The summed E-state index contributed by atoms with van der Waals surface area (Å²) in [5, 5.41) is 0. The third-order valence-electron chi connectivity index (χ3n) is 1.89. The van der Waals surface area contributed by atoms with Crippen LogP contribution in [0.15, 0.2) is 12.2 Å². The van der Waals surface area contributed by atoms with Gasteiger partial charge in [0.1, 0.15) is 6.10 Å². The lowest BCUT2D eigenvalue weighted by molar-refractivity contribution is 0.0350. The number of hydrogen-bond acceptors (Lipinski definition) is 3. The van der Waals surface area contributed by atoms with Crippen molar-refractivity contribution < 1.29 is 14.3 Å². The maximum Gasteiger partial charge on any atom is 0.508 e. The SMILES string of the molecule is COC(=O)OC1CC=CCCC1. The molecule has 0 amide bonds. The maximum absolute atomic E-state index is 10.7. The molecular formula is C9H14O3. The summed E-state index contributed by atoms with van der Waals surface area (Å²) in [5.74, 6) is 0. The Kier molecular flexibility index (Phi) is 3.64. The van der Waals surface area contributed by atoms with Gasteiger partial charge < -0.3 is 9.47 Å². The van der Waals surface area contributed by atoms with Crippen LogP contribution in [0.1, 0.15) is 25.7 Å². The molecule has 3 heteroatoms. The first-order valence-corrected chi connectivity index (χ1v) is 4.22. The van der Waals surface area contributed by atoms with Crippen LogP contribution in [0.4, 0.5) is 4.79 Å². The van der Waals surface area contributed by atoms with Gasteiger partial charge in [-0.05, 0) is 19.3 Å². The van der Waals surface area contributed by atoms with Crippen molar-refractivity contribution >= 4 is 6.16 Å². The highest BCUT2D eigenvalue weighted by Crippen LogP contribution is 2.14. The lowest BCUT2D eigenvalue weighted by Gasteiger charge is -2.12. The van der Waals surface area contributed by atoms with Crippen LogP contribution in [0.25, 0.3) is 0 Å². The predicted octanol–water partition coefficient (Wildman–Crippen LogP) is 2.27. The van der Waals surface area contributed by atoms with E-state index in [4.69, 9.17) is 4.74 Å². The van der Waals surface area contributed by atoms with Crippen LogP contribution in [0.5, 0.6) is 0 Å². The summed E-state index contributed by atoms with van der Waals surface area (Å²) in [4.78, 5) is 10.7. The molecule has 0 heterocycles. The Morgan fingerprint density at radius 2 is 2.33 bits per heavy atom. The molecule has 1 unspecified atom stereocenters. The Hall–Kier alpha value is -0.990. The largest absolute Gasteiger partial charge is 0.508 e. The highest BCUT2D eigenvalue weighted by molar-refractivity contribution is 5.59. The normalized spacial score (nSPS) is 22.9. The molecule has 0 aromatic rings. The molecular weight excluding hydrogens is 156 g/mol. The number of rotatable bonds is 1. The van der Waals surface area contributed by atoms with Crippen LogP contribution in [0.3, 0.4) is 0 Å². The van der Waals surface area contributed by atoms with Gasteiger partial charge >= 0.3 is 6.16 Å². The molecule has 0 aromatic carbocycles. The smallest absolute Gasteiger partial charge is 0.438 e. The molecule has 1 rings (SSSR count). The molecule has 68 valence electrons. The van der Waals surface area contributed by atoms with Crippen LogP contribution in [0, 0.1) is 0 Å². The number of carbonyl (C=O) groups excluding carboxylic acids is 1. The Balaban J connectivity index is 2.30. The highest BCUT2D eigenvalue weighted by Gasteiger charge is 2.13. The fourth-order valence-corrected chi connectivity index (χ4v) is 1.24. The van der Waals surface area contributed by atoms with Crippen LogP contribution in [0.2, 0.25) is 0 Å². The molecule has 0 bridgehead atoms. The Morgan fingerprint density at radius 3 is 3.08 bits per heavy atom. The van der Waals surface area contributed by atoms with Gasteiger partial charge in [-0.25, -0.2) is 4.79 Å². The van der Waals surface area contributed by atoms with Crippen LogP contribution >= 0.6 is 0 Å². The first-order valence-electron chi connectivity index (χ1n) is 4.22. The van der Waals surface area contributed by atoms with Crippen molar-refractivity contribution in [1.82, 2.24) is 0 Å². The van der Waals surface area contributed by atoms with Crippen LogP contribution in [-0.2, 0) is 9.47 Å². The first-order chi connectivity index (χ1) is 5.83. The summed E-state index contributed by atoms with van der Waals surface area (Å²) >= 11 is 0. The van der Waals surface area contributed by atoms with Gasteiger partial charge in [-0.3, -0.25) is 0 Å². The minimum absolute atomic E-state index is 0.0104. The van der Waals surface area contributed by atoms with E-state index in [-0.39, 0.29) is 6.10 Å². The van der Waals surface area contributed by atoms with E-state index in [1.807, 2.05) is 0 Å². The van der Waals surface area contributed by atoms with Crippen molar-refractivity contribution in [2.24, 2.45) is 0 Å². The minimum Gasteiger partial charge on any atom is -0.438 e. The molecule has 0 aromatic heterocycles. The summed E-state index contributed by atoms with van der Waals surface area (Å²) in [6.07, 6.45) is 7.53. The van der Waals surface area contributed by atoms with Gasteiger partial charge in [0, 0.05) is 6.42 Å². The minimum atomic E-state index is -0.574. The van der Waals surface area contributed by atoms with Crippen molar-refractivity contribution in [2.45, 2.75) is 31.8 Å². The lowest BCUT2D eigenvalue weighted by Crippen LogP contribution is -2.16. The quantitative estimate of drug-likeness (QED) is 0.447. The molecule has 0 spiro atoms. The Labute approximate surface area is 72.4 Å². The lowest BCUT2D eigenvalue weighted by atomic mass is 10.2. The predicted molar refractivity (Wildman–Crippen MR) is 44.9 cm³/mol. The molecule has 0 saturated carbocycles. The molecule has 0 radical (unpaired) electrons. The molecule has 12 heavy (non-hydrogen) atoms. The average molecular weight is 170 g/mol. The Bertz CT molecular complexity index is 175. The molecule has 0 N–H and O–H groups in total. The van der Waals surface area contributed by atoms with Gasteiger partial charge in [0.25, 0.3) is 0 Å². The summed E-state index contributed by atoms with van der Waals surface area (Å²) in [5.41, 5.74) is 0. The standard InChI is InChI=1S/C9H14O3/c1-11-9(10)12-8-6-4-2-3-5-7-8/h2,4,8H,3,5-7H2,1H3. The second-order valence-corrected chi connectivity index (χ2v) is 2.83. The van der Waals surface area contributed by atoms with E-state index >= 15 is 0 Å². The van der Waals surface area contributed by atoms with Crippen LogP contribution in [-0.4, -0.2) is 19.4 Å². The Morgan fingerprint density at radius 1 is 1.50 bits per heavy atom. The zero-order chi connectivity index (χ0) is 8.81. The summed E-state index contributed by atoms with van der Waals surface area (Å²) in [7, 11) is 1.33. The molecule has 0 saturated heterocycles. The van der Waals surface area contributed by atoms with E-state index in [1.54, 1.807) is 0 Å². The van der Waals surface area contributed by atoms with Crippen molar-refractivity contribution in [2.75, 3.05) is 7.11 Å². The van der Waals surface area contributed by atoms with Gasteiger partial charge in [-0.2, -0.15) is 0 Å². The topological polar surface area (TPSA) is 35.5 Å². The highest BCUT2D eigenvalue weighted by atomic mass is 16.7. The zero-order valence-electron chi connectivity index (χ0n) is 7.29. The molecule has 3 nitrogen and oxygen atoms in total. The van der Waals surface area contributed by atoms with Crippen LogP contribution < -0.4 is 0 Å². The third-order valence-corrected chi connectivity index (χ3v) is 1.89. The van der Waals surface area contributed by atoms with Gasteiger partial charge in [0.15, 0.2) is 0 Å². The number of allylic oxidation sites excluding steroid dienone is 1. The molecule has 0 aliphatic heterocycles. The van der Waals surface area contributed by atoms with Gasteiger partial charge in [-0.15, -0.1) is 0 Å². The second-order valence-electron chi connectivity index (χ2n) is 2.83. The first kappa shape index (κ1) is 9.10. The van der Waals surface area contributed by atoms with E-state index in [2.05, 4.69) is 16.9 Å². The van der Waals surface area contributed by atoms with Crippen molar-refractivity contribution in [3.63, 3.8) is 0 Å². The van der Waals surface area contributed by atoms with Gasteiger partial charge in [-0.1, -0.05) is 12.2 Å². The summed E-state index contributed by atoms with van der Waals surface area (Å²) in [6.45, 7) is 0. The fourth-order valence-electron chi connectivity index (χ4n) is 1.24. The van der Waals surface area contributed by atoms with Crippen molar-refractivity contribution in [3.05, 3.63) is 12.2 Å². The van der Waals surface area contributed by atoms with Crippen molar-refractivity contribution in [3.8, 4) is 0 Å². The summed E-state index contributed by atoms with van der Waals surface area (Å²) in [6, 6.07) is 0. The third kappa shape index (κ3) is 2.95. The molecule has 0 fully saturated rings. The van der Waals surface area contributed by atoms with Gasteiger partial charge in [0.2, 0.25) is 0 Å². The van der Waals surface area contributed by atoms with E-state index < -0.39 is 6.16 Å². The maximum atomic E-state index is 10.7. The second kappa shape index (κ2) is 4.80. The number of ether oxygens (including phenoxy) is 2. The van der Waals surface area contributed by atoms with E-state index in [0.29, 0.717) is 0 Å². The zero-order valence-corrected chi connectivity index (χ0v) is 7.29. The average Bonchev–Trinajstić information content (AvgIpc) is 2.33. The van der Waals surface area contributed by atoms with Gasteiger partial charge in [0.05, 0.1) is 7.11 Å². The van der Waals surface area contributed by atoms with E-state index in [0.717, 1.165) is 25.7 Å². The summed E-state index contributed by atoms with van der Waals surface area (Å²) < 4.78 is 9.42. The molecule has 1 atom stereocenters. The molecule has 1 aliphatic rings. The van der Waals surface area contributed by atoms with E-state index in [1.165, 1.54) is 7.11 Å². The monoisotopic (exact) mass is 170 g/mol. The van der Waals surface area contributed by atoms with E-state index in [9.17, 15) is 4.79 Å². The molecule has 1 aliphatic carbocycles. The number of hydrogen-bond donors (Lipinski definition) is 0. The number of carbonyl (C=O) groups is 1. The van der Waals surface area contributed by atoms with Crippen molar-refractivity contribution in [1.29, 1.82) is 0 Å². The number of methoxy groups -OCH3 is 1.